The molecule has 0 aliphatic carbocycles. The van der Waals surface area contributed by atoms with Gasteiger partial charge >= 0.3 is 0 Å². The van der Waals surface area contributed by atoms with E-state index in [0.717, 1.165) is 25.9 Å². The summed E-state index contributed by atoms with van der Waals surface area (Å²) >= 11 is 1.69. The van der Waals surface area contributed by atoms with Crippen LogP contribution in [0.2, 0.25) is 0 Å². The Hall–Kier alpha value is -0.910. The second kappa shape index (κ2) is 4.99. The van der Waals surface area contributed by atoms with Gasteiger partial charge in [0.15, 0.2) is 0 Å². The van der Waals surface area contributed by atoms with E-state index in [0.29, 0.717) is 12.6 Å². The Balaban J connectivity index is 1.77. The largest absolute Gasteiger partial charge is 0.319 e. The highest BCUT2D eigenvalue weighted by molar-refractivity contribution is 7.07. The molecule has 3 heterocycles. The summed E-state index contributed by atoms with van der Waals surface area (Å²) < 4.78 is 0. The molecule has 2 aliphatic heterocycles. The van der Waals surface area contributed by atoms with Gasteiger partial charge in [-0.3, -0.25) is 10.1 Å². The summed E-state index contributed by atoms with van der Waals surface area (Å²) in [6.07, 6.45) is 2.27. The van der Waals surface area contributed by atoms with E-state index in [9.17, 15) is 4.79 Å². The summed E-state index contributed by atoms with van der Waals surface area (Å²) in [5.74, 6) is 0.251. The van der Waals surface area contributed by atoms with Crippen molar-refractivity contribution in [3.8, 4) is 0 Å². The summed E-state index contributed by atoms with van der Waals surface area (Å²) in [5, 5.41) is 7.55. The molecule has 18 heavy (non-hydrogen) atoms. The summed E-state index contributed by atoms with van der Waals surface area (Å²) in [4.78, 5) is 16.5. The van der Waals surface area contributed by atoms with Gasteiger partial charge in [0.05, 0.1) is 6.54 Å². The Bertz CT molecular complexity index is 412. The average molecular weight is 265 g/mol. The van der Waals surface area contributed by atoms with Crippen molar-refractivity contribution < 1.29 is 4.79 Å². The maximum Gasteiger partial charge on any atom is 0.238 e. The fraction of sp³-hybridized carbons (Fsp3) is 0.615. The third kappa shape index (κ3) is 2.18. The number of piperidine rings is 1. The molecule has 2 saturated heterocycles. The molecule has 5 heteroatoms. The third-order valence-electron chi connectivity index (χ3n) is 3.95. The molecule has 98 valence electrons. The highest BCUT2D eigenvalue weighted by atomic mass is 32.1. The number of nitrogens with one attached hydrogen (secondary N) is 1. The molecule has 2 aliphatic rings. The minimum Gasteiger partial charge on any atom is -0.319 e. The first kappa shape index (κ1) is 12.1. The predicted molar refractivity (Wildman–Crippen MR) is 72.4 cm³/mol. The molecule has 1 aromatic heterocycles. The van der Waals surface area contributed by atoms with E-state index >= 15 is 0 Å². The molecule has 1 aromatic rings. The summed E-state index contributed by atoms with van der Waals surface area (Å²) in [6, 6.07) is 2.51. The maximum absolute atomic E-state index is 12.1. The van der Waals surface area contributed by atoms with Crippen molar-refractivity contribution in [2.45, 2.75) is 25.0 Å². The second-order valence-corrected chi connectivity index (χ2v) is 5.96. The third-order valence-corrected chi connectivity index (χ3v) is 4.65. The second-order valence-electron chi connectivity index (χ2n) is 5.18. The van der Waals surface area contributed by atoms with Crippen LogP contribution in [0.25, 0.3) is 0 Å². The molecular weight excluding hydrogens is 246 g/mol. The van der Waals surface area contributed by atoms with Crippen LogP contribution in [0.1, 0.15) is 24.6 Å². The van der Waals surface area contributed by atoms with Crippen molar-refractivity contribution >= 4 is 17.2 Å². The van der Waals surface area contributed by atoms with Crippen LogP contribution in [0.5, 0.6) is 0 Å². The van der Waals surface area contributed by atoms with E-state index in [2.05, 4.69) is 39.0 Å². The fourth-order valence-electron chi connectivity index (χ4n) is 2.91. The Morgan fingerprint density at radius 2 is 2.17 bits per heavy atom. The van der Waals surface area contributed by atoms with Crippen LogP contribution in [0.3, 0.4) is 0 Å². The number of amides is 1. The van der Waals surface area contributed by atoms with E-state index in [4.69, 9.17) is 0 Å². The van der Waals surface area contributed by atoms with Gasteiger partial charge in [0.2, 0.25) is 5.91 Å². The number of thiophene rings is 1. The molecule has 0 saturated carbocycles. The van der Waals surface area contributed by atoms with Crippen LogP contribution < -0.4 is 5.32 Å². The van der Waals surface area contributed by atoms with Crippen LogP contribution in [-0.4, -0.2) is 48.4 Å². The first-order chi connectivity index (χ1) is 8.75. The van der Waals surface area contributed by atoms with Gasteiger partial charge in [-0.1, -0.05) is 0 Å². The number of hydrogen-bond acceptors (Lipinski definition) is 4. The van der Waals surface area contributed by atoms with Crippen LogP contribution in [0, 0.1) is 0 Å². The highest BCUT2D eigenvalue weighted by Crippen LogP contribution is 2.29. The van der Waals surface area contributed by atoms with Crippen molar-refractivity contribution in [2.24, 2.45) is 0 Å². The van der Waals surface area contributed by atoms with Gasteiger partial charge in [-0.05, 0) is 55.4 Å². The van der Waals surface area contributed by atoms with E-state index in [1.54, 1.807) is 11.3 Å². The van der Waals surface area contributed by atoms with Crippen molar-refractivity contribution in [3.63, 3.8) is 0 Å². The van der Waals surface area contributed by atoms with Crippen molar-refractivity contribution in [1.82, 2.24) is 15.1 Å². The molecule has 0 radical (unpaired) electrons. The zero-order chi connectivity index (χ0) is 12.5. The van der Waals surface area contributed by atoms with Crippen LogP contribution in [0.15, 0.2) is 16.8 Å². The monoisotopic (exact) mass is 265 g/mol. The first-order valence-electron chi connectivity index (χ1n) is 6.51. The Kier molecular flexibility index (Phi) is 3.37. The molecule has 1 atom stereocenters. The van der Waals surface area contributed by atoms with Gasteiger partial charge in [0.1, 0.15) is 6.17 Å². The van der Waals surface area contributed by atoms with Gasteiger partial charge in [-0.15, -0.1) is 0 Å². The Morgan fingerprint density at radius 1 is 1.39 bits per heavy atom. The van der Waals surface area contributed by atoms with Crippen molar-refractivity contribution in [3.05, 3.63) is 22.4 Å². The van der Waals surface area contributed by atoms with Crippen LogP contribution in [0.4, 0.5) is 0 Å². The minimum absolute atomic E-state index is 0.0946. The quantitative estimate of drug-likeness (QED) is 0.875. The molecular formula is C13H19N3OS. The molecule has 0 bridgehead atoms. The lowest BCUT2D eigenvalue weighted by molar-refractivity contribution is -0.131. The topological polar surface area (TPSA) is 35.6 Å². The van der Waals surface area contributed by atoms with Gasteiger partial charge in [-0.2, -0.15) is 11.3 Å². The van der Waals surface area contributed by atoms with Gasteiger partial charge in [0, 0.05) is 6.04 Å². The van der Waals surface area contributed by atoms with Crippen molar-refractivity contribution in [2.75, 3.05) is 26.7 Å². The predicted octanol–water partition coefficient (Wildman–Crippen LogP) is 1.27. The van der Waals surface area contributed by atoms with Crippen LogP contribution >= 0.6 is 11.3 Å². The Labute approximate surface area is 112 Å². The fourth-order valence-corrected chi connectivity index (χ4v) is 3.59. The summed E-state index contributed by atoms with van der Waals surface area (Å²) in [7, 11) is 2.15. The van der Waals surface area contributed by atoms with Gasteiger partial charge < -0.3 is 9.80 Å². The van der Waals surface area contributed by atoms with Gasteiger partial charge in [-0.25, -0.2) is 0 Å². The number of rotatable bonds is 2. The molecule has 0 aromatic carbocycles. The number of nitrogens with zero attached hydrogens (tertiary/aromatic N) is 2. The summed E-state index contributed by atoms with van der Waals surface area (Å²) in [5.41, 5.74) is 1.23. The lowest BCUT2D eigenvalue weighted by atomic mass is 10.0. The number of carbonyl (C=O) groups is 1. The van der Waals surface area contributed by atoms with E-state index in [1.807, 2.05) is 0 Å². The minimum atomic E-state index is 0.0946. The zero-order valence-corrected chi connectivity index (χ0v) is 11.4. The molecule has 4 nitrogen and oxygen atoms in total. The smallest absolute Gasteiger partial charge is 0.238 e. The maximum atomic E-state index is 12.1. The normalized spacial score (nSPS) is 27.1. The van der Waals surface area contributed by atoms with Gasteiger partial charge in [0.25, 0.3) is 0 Å². The van der Waals surface area contributed by atoms with E-state index in [1.165, 1.54) is 5.56 Å². The molecule has 1 unspecified atom stereocenters. The Morgan fingerprint density at radius 3 is 2.83 bits per heavy atom. The first-order valence-corrected chi connectivity index (χ1v) is 7.45. The lowest BCUT2D eigenvalue weighted by Gasteiger charge is -2.37. The zero-order valence-electron chi connectivity index (χ0n) is 10.6. The van der Waals surface area contributed by atoms with E-state index in [-0.39, 0.29) is 12.1 Å². The SMILES string of the molecule is CN1CCC(N2C(=O)CNC2c2ccsc2)CC1. The summed E-state index contributed by atoms with van der Waals surface area (Å²) in [6.45, 7) is 2.66. The van der Waals surface area contributed by atoms with E-state index < -0.39 is 0 Å². The molecule has 1 N–H and O–H groups in total. The van der Waals surface area contributed by atoms with Crippen molar-refractivity contribution in [1.29, 1.82) is 0 Å². The highest BCUT2D eigenvalue weighted by Gasteiger charge is 2.37. The molecule has 3 rings (SSSR count). The van der Waals surface area contributed by atoms with Crippen LogP contribution in [-0.2, 0) is 4.79 Å². The lowest BCUT2D eigenvalue weighted by Crippen LogP contribution is -2.46. The standard InChI is InChI=1S/C13H19N3OS/c1-15-5-2-11(3-6-15)16-12(17)8-14-13(16)10-4-7-18-9-10/h4,7,9,11,13-14H,2-3,5-6,8H2,1H3. The number of hydrogen-bond donors (Lipinski definition) is 1. The number of likely N-dealkylation sites (tertiary alicyclic amines) is 1. The molecule has 0 spiro atoms. The molecule has 1 amide bonds. The number of carbonyl (C=O) groups excluding carboxylic acids is 1. The molecule has 2 fully saturated rings. The average Bonchev–Trinajstić information content (AvgIpc) is 2.99.